The lowest BCUT2D eigenvalue weighted by Crippen LogP contribution is -2.34. The van der Waals surface area contributed by atoms with E-state index in [1.54, 1.807) is 0 Å². The molecule has 0 amide bonds. The fraction of sp³-hybridized carbons (Fsp3) is 0.538. The Labute approximate surface area is 104 Å². The van der Waals surface area contributed by atoms with Crippen molar-refractivity contribution in [2.24, 2.45) is 5.73 Å². The maximum absolute atomic E-state index is 5.76. The fourth-order valence-electron chi connectivity index (χ4n) is 2.30. The molecule has 1 heterocycles. The van der Waals surface area contributed by atoms with Crippen LogP contribution in [0.3, 0.4) is 0 Å². The molecule has 0 aromatic heterocycles. The molecule has 3 heteroatoms. The largest absolute Gasteiger partial charge is 0.329 e. The van der Waals surface area contributed by atoms with Crippen LogP contribution in [0.2, 0.25) is 0 Å². The van der Waals surface area contributed by atoms with Gasteiger partial charge in [-0.25, -0.2) is 0 Å². The SMILES string of the molecule is Cc1ccc(CN2CCCC2CN)cc1.Cl. The third-order valence-electron chi connectivity index (χ3n) is 3.28. The lowest BCUT2D eigenvalue weighted by atomic mass is 10.1. The molecule has 90 valence electrons. The fourth-order valence-corrected chi connectivity index (χ4v) is 2.30. The van der Waals surface area contributed by atoms with E-state index < -0.39 is 0 Å². The number of aryl methyl sites for hydroxylation is 1. The van der Waals surface area contributed by atoms with Gasteiger partial charge in [0.15, 0.2) is 0 Å². The molecule has 16 heavy (non-hydrogen) atoms. The van der Waals surface area contributed by atoms with Gasteiger partial charge < -0.3 is 5.73 Å². The lowest BCUT2D eigenvalue weighted by Gasteiger charge is -2.23. The smallest absolute Gasteiger partial charge is 0.0237 e. The second kappa shape index (κ2) is 6.24. The van der Waals surface area contributed by atoms with Crippen LogP contribution < -0.4 is 5.73 Å². The molecule has 1 unspecified atom stereocenters. The minimum atomic E-state index is 0. The van der Waals surface area contributed by atoms with E-state index in [4.69, 9.17) is 5.73 Å². The Morgan fingerprint density at radius 3 is 2.62 bits per heavy atom. The van der Waals surface area contributed by atoms with E-state index in [0.29, 0.717) is 6.04 Å². The Morgan fingerprint density at radius 2 is 2.00 bits per heavy atom. The molecule has 0 saturated carbocycles. The zero-order valence-corrected chi connectivity index (χ0v) is 10.7. The number of benzene rings is 1. The highest BCUT2D eigenvalue weighted by atomic mass is 35.5. The van der Waals surface area contributed by atoms with Gasteiger partial charge in [-0.05, 0) is 31.9 Å². The lowest BCUT2D eigenvalue weighted by molar-refractivity contribution is 0.250. The van der Waals surface area contributed by atoms with Crippen molar-refractivity contribution in [3.63, 3.8) is 0 Å². The van der Waals surface area contributed by atoms with E-state index in [-0.39, 0.29) is 12.4 Å². The minimum Gasteiger partial charge on any atom is -0.329 e. The van der Waals surface area contributed by atoms with Gasteiger partial charge in [-0.1, -0.05) is 29.8 Å². The van der Waals surface area contributed by atoms with Crippen molar-refractivity contribution in [1.29, 1.82) is 0 Å². The molecule has 2 nitrogen and oxygen atoms in total. The first-order valence-corrected chi connectivity index (χ1v) is 5.79. The van der Waals surface area contributed by atoms with Crippen molar-refractivity contribution < 1.29 is 0 Å². The van der Waals surface area contributed by atoms with Gasteiger partial charge in [0.2, 0.25) is 0 Å². The Morgan fingerprint density at radius 1 is 1.31 bits per heavy atom. The molecule has 2 N–H and O–H groups in total. The summed E-state index contributed by atoms with van der Waals surface area (Å²) in [5.74, 6) is 0. The molecule has 0 radical (unpaired) electrons. The van der Waals surface area contributed by atoms with E-state index in [1.807, 2.05) is 0 Å². The summed E-state index contributed by atoms with van der Waals surface area (Å²) in [7, 11) is 0. The Balaban J connectivity index is 0.00000128. The van der Waals surface area contributed by atoms with Gasteiger partial charge in [0.05, 0.1) is 0 Å². The maximum atomic E-state index is 5.76. The number of nitrogens with zero attached hydrogens (tertiary/aromatic N) is 1. The third kappa shape index (κ3) is 3.21. The van der Waals surface area contributed by atoms with E-state index in [0.717, 1.165) is 13.1 Å². The molecule has 1 aliphatic heterocycles. The summed E-state index contributed by atoms with van der Waals surface area (Å²) in [6.07, 6.45) is 2.57. The third-order valence-corrected chi connectivity index (χ3v) is 3.28. The zero-order valence-electron chi connectivity index (χ0n) is 9.86. The second-order valence-electron chi connectivity index (χ2n) is 4.49. The quantitative estimate of drug-likeness (QED) is 0.879. The van der Waals surface area contributed by atoms with Gasteiger partial charge in [0.1, 0.15) is 0 Å². The molecule has 0 spiro atoms. The maximum Gasteiger partial charge on any atom is 0.0237 e. The van der Waals surface area contributed by atoms with Gasteiger partial charge in [-0.2, -0.15) is 0 Å². The minimum absolute atomic E-state index is 0. The topological polar surface area (TPSA) is 29.3 Å². The van der Waals surface area contributed by atoms with E-state index in [9.17, 15) is 0 Å². The molecule has 1 fully saturated rings. The first-order valence-electron chi connectivity index (χ1n) is 5.79. The van der Waals surface area contributed by atoms with E-state index in [1.165, 1.54) is 30.5 Å². The van der Waals surface area contributed by atoms with Crippen LogP contribution in [-0.4, -0.2) is 24.0 Å². The van der Waals surface area contributed by atoms with Gasteiger partial charge in [0, 0.05) is 19.1 Å². The van der Waals surface area contributed by atoms with Crippen molar-refractivity contribution >= 4 is 12.4 Å². The van der Waals surface area contributed by atoms with E-state index >= 15 is 0 Å². The number of nitrogens with two attached hydrogens (primary N) is 1. The monoisotopic (exact) mass is 240 g/mol. The van der Waals surface area contributed by atoms with E-state index in [2.05, 4.69) is 36.1 Å². The van der Waals surface area contributed by atoms with Gasteiger partial charge in [0.25, 0.3) is 0 Å². The average Bonchev–Trinajstić information content (AvgIpc) is 2.69. The Kier molecular flexibility index (Phi) is 5.26. The highest BCUT2D eigenvalue weighted by molar-refractivity contribution is 5.85. The van der Waals surface area contributed by atoms with Gasteiger partial charge >= 0.3 is 0 Å². The Bertz CT molecular complexity index is 310. The Hall–Kier alpha value is -0.570. The van der Waals surface area contributed by atoms with Crippen LogP contribution in [0.5, 0.6) is 0 Å². The molecule has 1 aromatic rings. The van der Waals surface area contributed by atoms with Crippen molar-refractivity contribution in [2.75, 3.05) is 13.1 Å². The molecular weight excluding hydrogens is 220 g/mol. The van der Waals surface area contributed by atoms with Crippen LogP contribution in [0.4, 0.5) is 0 Å². The van der Waals surface area contributed by atoms with Crippen molar-refractivity contribution in [3.05, 3.63) is 35.4 Å². The summed E-state index contributed by atoms with van der Waals surface area (Å²) in [5, 5.41) is 0. The highest BCUT2D eigenvalue weighted by Gasteiger charge is 2.22. The predicted octanol–water partition coefficient (Wildman–Crippen LogP) is 2.34. The van der Waals surface area contributed by atoms with Crippen LogP contribution in [0.15, 0.2) is 24.3 Å². The summed E-state index contributed by atoms with van der Waals surface area (Å²) in [5.41, 5.74) is 8.49. The molecule has 1 atom stereocenters. The molecule has 2 rings (SSSR count). The molecule has 1 aliphatic rings. The van der Waals surface area contributed by atoms with Crippen LogP contribution in [0, 0.1) is 6.92 Å². The summed E-state index contributed by atoms with van der Waals surface area (Å²) in [6, 6.07) is 9.42. The van der Waals surface area contributed by atoms with Gasteiger partial charge in [-0.15, -0.1) is 12.4 Å². The zero-order chi connectivity index (χ0) is 10.7. The van der Waals surface area contributed by atoms with Gasteiger partial charge in [-0.3, -0.25) is 4.90 Å². The van der Waals surface area contributed by atoms with Crippen LogP contribution in [0.1, 0.15) is 24.0 Å². The van der Waals surface area contributed by atoms with Crippen LogP contribution >= 0.6 is 12.4 Å². The van der Waals surface area contributed by atoms with Crippen molar-refractivity contribution in [1.82, 2.24) is 4.90 Å². The second-order valence-corrected chi connectivity index (χ2v) is 4.49. The normalized spacial score (nSPS) is 20.8. The highest BCUT2D eigenvalue weighted by Crippen LogP contribution is 2.19. The predicted molar refractivity (Wildman–Crippen MR) is 70.9 cm³/mol. The molecule has 1 aromatic carbocycles. The summed E-state index contributed by atoms with van der Waals surface area (Å²) in [6.45, 7) is 5.19. The standard InChI is InChI=1S/C13H20N2.ClH/c1-11-4-6-12(7-5-11)10-15-8-2-3-13(15)9-14;/h4-7,13H,2-3,8-10,14H2,1H3;1H. The summed E-state index contributed by atoms with van der Waals surface area (Å²) in [4.78, 5) is 2.50. The summed E-state index contributed by atoms with van der Waals surface area (Å²) < 4.78 is 0. The molecule has 1 saturated heterocycles. The van der Waals surface area contributed by atoms with Crippen LogP contribution in [0.25, 0.3) is 0 Å². The first kappa shape index (κ1) is 13.5. The number of rotatable bonds is 3. The number of hydrogen-bond acceptors (Lipinski definition) is 2. The number of hydrogen-bond donors (Lipinski definition) is 1. The average molecular weight is 241 g/mol. The summed E-state index contributed by atoms with van der Waals surface area (Å²) >= 11 is 0. The molecule has 0 aliphatic carbocycles. The van der Waals surface area contributed by atoms with Crippen molar-refractivity contribution in [3.8, 4) is 0 Å². The first-order chi connectivity index (χ1) is 7.29. The van der Waals surface area contributed by atoms with Crippen molar-refractivity contribution in [2.45, 2.75) is 32.4 Å². The molecular formula is C13H21ClN2. The number of halogens is 1. The van der Waals surface area contributed by atoms with Crippen LogP contribution in [-0.2, 0) is 6.54 Å². The molecule has 0 bridgehead atoms. The number of likely N-dealkylation sites (tertiary alicyclic amines) is 1.